The number of nitrogens with zero attached hydrogens (tertiary/aromatic N) is 2. The predicted octanol–water partition coefficient (Wildman–Crippen LogP) is 1.27. The van der Waals surface area contributed by atoms with Crippen LogP contribution in [0.2, 0.25) is 0 Å². The molecule has 6 nitrogen and oxygen atoms in total. The third-order valence-corrected chi connectivity index (χ3v) is 5.05. The molecule has 0 aromatic carbocycles. The van der Waals surface area contributed by atoms with Gasteiger partial charge >= 0.3 is 0 Å². The number of amides is 2. The topological polar surface area (TPSA) is 73.8 Å². The van der Waals surface area contributed by atoms with Crippen molar-refractivity contribution in [1.29, 1.82) is 0 Å². The maximum Gasteiger partial charge on any atom is 0.267 e. The van der Waals surface area contributed by atoms with E-state index in [-0.39, 0.29) is 17.9 Å². The third-order valence-electron chi connectivity index (χ3n) is 4.08. The lowest BCUT2D eigenvalue weighted by Gasteiger charge is -2.27. The van der Waals surface area contributed by atoms with Gasteiger partial charge in [0.25, 0.3) is 5.91 Å². The summed E-state index contributed by atoms with van der Waals surface area (Å²) in [5.41, 5.74) is 2.77. The Morgan fingerprint density at radius 1 is 1.41 bits per heavy atom. The highest BCUT2D eigenvalue weighted by atomic mass is 32.1. The molecule has 118 valence electrons. The van der Waals surface area contributed by atoms with Crippen LogP contribution < -0.4 is 10.7 Å². The largest absolute Gasteiger partial charge is 0.349 e. The number of thiophene rings is 1. The highest BCUT2D eigenvalue weighted by molar-refractivity contribution is 7.10. The van der Waals surface area contributed by atoms with Gasteiger partial charge in [-0.2, -0.15) is 5.10 Å². The molecule has 1 atom stereocenters. The average molecular weight is 320 g/mol. The summed E-state index contributed by atoms with van der Waals surface area (Å²) in [5.74, 6) is -0.314. The van der Waals surface area contributed by atoms with Gasteiger partial charge in [-0.1, -0.05) is 6.07 Å². The van der Waals surface area contributed by atoms with Crippen LogP contribution in [0.3, 0.4) is 0 Å². The summed E-state index contributed by atoms with van der Waals surface area (Å²) in [4.78, 5) is 27.0. The lowest BCUT2D eigenvalue weighted by atomic mass is 10.1. The maximum absolute atomic E-state index is 12.2. The van der Waals surface area contributed by atoms with Crippen molar-refractivity contribution in [2.45, 2.75) is 31.7 Å². The first kappa shape index (κ1) is 15.2. The number of likely N-dealkylation sites (tertiary alicyclic amines) is 1. The van der Waals surface area contributed by atoms with E-state index in [4.69, 9.17) is 0 Å². The van der Waals surface area contributed by atoms with Crippen LogP contribution in [0, 0.1) is 0 Å². The van der Waals surface area contributed by atoms with Gasteiger partial charge in [0, 0.05) is 24.3 Å². The number of rotatable bonds is 5. The van der Waals surface area contributed by atoms with Crippen LogP contribution in [0.5, 0.6) is 0 Å². The molecule has 2 aliphatic heterocycles. The minimum atomic E-state index is -0.180. The Morgan fingerprint density at radius 3 is 2.86 bits per heavy atom. The lowest BCUT2D eigenvalue weighted by Crippen LogP contribution is -2.41. The van der Waals surface area contributed by atoms with Gasteiger partial charge in [0.2, 0.25) is 5.91 Å². The molecule has 0 unspecified atom stereocenters. The van der Waals surface area contributed by atoms with Crippen LogP contribution in [0.1, 0.15) is 36.6 Å². The molecule has 22 heavy (non-hydrogen) atoms. The van der Waals surface area contributed by atoms with Crippen molar-refractivity contribution in [1.82, 2.24) is 15.6 Å². The molecule has 0 radical (unpaired) electrons. The second kappa shape index (κ2) is 7.02. The van der Waals surface area contributed by atoms with Gasteiger partial charge in [-0.05, 0) is 37.4 Å². The Morgan fingerprint density at radius 2 is 2.23 bits per heavy atom. The van der Waals surface area contributed by atoms with Crippen LogP contribution >= 0.6 is 11.3 Å². The number of hydrogen-bond donors (Lipinski definition) is 2. The van der Waals surface area contributed by atoms with Gasteiger partial charge in [-0.25, -0.2) is 5.43 Å². The molecule has 1 aromatic rings. The predicted molar refractivity (Wildman–Crippen MR) is 85.7 cm³/mol. The number of carbonyl (C=O) groups is 2. The first-order chi connectivity index (χ1) is 10.7. The van der Waals surface area contributed by atoms with Crippen molar-refractivity contribution < 1.29 is 9.59 Å². The molecule has 2 amide bonds. The molecule has 0 bridgehead atoms. The van der Waals surface area contributed by atoms with Gasteiger partial charge in [-0.15, -0.1) is 11.3 Å². The first-order valence-electron chi connectivity index (χ1n) is 7.65. The zero-order valence-electron chi connectivity index (χ0n) is 12.4. The van der Waals surface area contributed by atoms with E-state index in [0.717, 1.165) is 13.1 Å². The van der Waals surface area contributed by atoms with Crippen molar-refractivity contribution in [3.05, 3.63) is 22.4 Å². The molecule has 0 aliphatic carbocycles. The SMILES string of the molecule is O=C1CCC(C(=O)NC[C@@H](c2cccs2)N2CCCC2)=NN1. The molecule has 0 spiro atoms. The molecule has 2 aliphatic rings. The Kier molecular flexibility index (Phi) is 4.84. The van der Waals surface area contributed by atoms with Crippen LogP contribution in [0.15, 0.2) is 22.6 Å². The number of carbonyl (C=O) groups excluding carboxylic acids is 2. The summed E-state index contributed by atoms with van der Waals surface area (Å²) in [7, 11) is 0. The second-order valence-corrected chi connectivity index (χ2v) is 6.56. The zero-order valence-corrected chi connectivity index (χ0v) is 13.2. The summed E-state index contributed by atoms with van der Waals surface area (Å²) in [6, 6.07) is 4.40. The summed E-state index contributed by atoms with van der Waals surface area (Å²) >= 11 is 1.73. The van der Waals surface area contributed by atoms with Crippen LogP contribution in [0.25, 0.3) is 0 Å². The van der Waals surface area contributed by atoms with Gasteiger partial charge in [-0.3, -0.25) is 14.5 Å². The van der Waals surface area contributed by atoms with Gasteiger partial charge in [0.15, 0.2) is 0 Å². The quantitative estimate of drug-likeness (QED) is 0.858. The van der Waals surface area contributed by atoms with Crippen molar-refractivity contribution in [2.24, 2.45) is 5.10 Å². The van der Waals surface area contributed by atoms with Crippen LogP contribution in [0.4, 0.5) is 0 Å². The van der Waals surface area contributed by atoms with Crippen molar-refractivity contribution in [3.63, 3.8) is 0 Å². The smallest absolute Gasteiger partial charge is 0.267 e. The van der Waals surface area contributed by atoms with E-state index in [0.29, 0.717) is 25.1 Å². The fraction of sp³-hybridized carbons (Fsp3) is 0.533. The van der Waals surface area contributed by atoms with E-state index in [9.17, 15) is 9.59 Å². The van der Waals surface area contributed by atoms with E-state index < -0.39 is 0 Å². The lowest BCUT2D eigenvalue weighted by molar-refractivity contribution is -0.121. The summed E-state index contributed by atoms with van der Waals surface area (Å²) in [6.45, 7) is 2.73. The molecule has 7 heteroatoms. The van der Waals surface area contributed by atoms with E-state index in [1.807, 2.05) is 6.07 Å². The Bertz CT molecular complexity index is 564. The van der Waals surface area contributed by atoms with Crippen molar-refractivity contribution in [3.8, 4) is 0 Å². The van der Waals surface area contributed by atoms with Gasteiger partial charge in [0.05, 0.1) is 6.04 Å². The van der Waals surface area contributed by atoms with E-state index in [1.54, 1.807) is 11.3 Å². The Hall–Kier alpha value is -1.73. The molecule has 3 rings (SSSR count). The summed E-state index contributed by atoms with van der Waals surface area (Å²) in [6.07, 6.45) is 3.17. The summed E-state index contributed by atoms with van der Waals surface area (Å²) < 4.78 is 0. The molecule has 0 saturated carbocycles. The molecule has 1 saturated heterocycles. The molecular formula is C15H20N4O2S. The van der Waals surface area contributed by atoms with Crippen molar-refractivity contribution in [2.75, 3.05) is 19.6 Å². The normalized spacial score (nSPS) is 20.4. The number of nitrogens with one attached hydrogen (secondary N) is 2. The monoisotopic (exact) mass is 320 g/mol. The fourth-order valence-corrected chi connectivity index (χ4v) is 3.73. The highest BCUT2D eigenvalue weighted by Crippen LogP contribution is 2.27. The second-order valence-electron chi connectivity index (χ2n) is 5.58. The highest BCUT2D eigenvalue weighted by Gasteiger charge is 2.26. The minimum Gasteiger partial charge on any atom is -0.349 e. The third kappa shape index (κ3) is 3.53. The van der Waals surface area contributed by atoms with E-state index in [1.165, 1.54) is 17.7 Å². The first-order valence-corrected chi connectivity index (χ1v) is 8.53. The maximum atomic E-state index is 12.2. The summed E-state index contributed by atoms with van der Waals surface area (Å²) in [5, 5.41) is 8.89. The number of hydrogen-bond acceptors (Lipinski definition) is 5. The Labute approximate surface area is 133 Å². The van der Waals surface area contributed by atoms with Crippen molar-refractivity contribution >= 4 is 28.9 Å². The van der Waals surface area contributed by atoms with E-state index >= 15 is 0 Å². The van der Waals surface area contributed by atoms with E-state index in [2.05, 4.69) is 32.2 Å². The minimum absolute atomic E-state index is 0.134. The molecule has 3 heterocycles. The molecular weight excluding hydrogens is 300 g/mol. The average Bonchev–Trinajstić information content (AvgIpc) is 3.22. The Balaban J connectivity index is 1.61. The zero-order chi connectivity index (χ0) is 15.4. The van der Waals surface area contributed by atoms with Gasteiger partial charge < -0.3 is 5.32 Å². The van der Waals surface area contributed by atoms with Gasteiger partial charge in [0.1, 0.15) is 5.71 Å². The fourth-order valence-electron chi connectivity index (χ4n) is 2.87. The molecule has 2 N–H and O–H groups in total. The molecule has 1 fully saturated rings. The molecule has 1 aromatic heterocycles. The van der Waals surface area contributed by atoms with Crippen LogP contribution in [-0.4, -0.2) is 42.1 Å². The van der Waals surface area contributed by atoms with Crippen LogP contribution in [-0.2, 0) is 9.59 Å². The number of hydrazone groups is 1. The standard InChI is InChI=1S/C15H20N4O2S/c20-14-6-5-11(17-18-14)15(21)16-10-12(13-4-3-9-22-13)19-7-1-2-8-19/h3-4,9,12H,1-2,5-8,10H2,(H,16,21)(H,18,20)/t12-/m0/s1.